The average molecular weight is 323 g/mol. The van der Waals surface area contributed by atoms with Crippen molar-refractivity contribution in [2.75, 3.05) is 18.0 Å². The van der Waals surface area contributed by atoms with Crippen LogP contribution in [0.15, 0.2) is 22.7 Å². The van der Waals surface area contributed by atoms with Gasteiger partial charge in [-0.1, -0.05) is 6.07 Å². The second-order valence-electron chi connectivity index (χ2n) is 6.22. The van der Waals surface area contributed by atoms with Crippen LogP contribution in [-0.4, -0.2) is 24.3 Å². The fourth-order valence-electron chi connectivity index (χ4n) is 2.84. The Bertz CT molecular complexity index is 515. The van der Waals surface area contributed by atoms with Gasteiger partial charge in [0.2, 0.25) is 0 Å². The van der Waals surface area contributed by atoms with E-state index < -0.39 is 0 Å². The summed E-state index contributed by atoms with van der Waals surface area (Å²) in [5.41, 5.74) is 1.21. The van der Waals surface area contributed by atoms with Gasteiger partial charge in [0.05, 0.1) is 22.5 Å². The molecular formula is C15H19BrN2O. The molecule has 0 amide bonds. The number of rotatable bonds is 1. The first kappa shape index (κ1) is 14.4. The van der Waals surface area contributed by atoms with Crippen LogP contribution in [0.5, 0.6) is 0 Å². The maximum Gasteiger partial charge on any atom is 0.103 e. The summed E-state index contributed by atoms with van der Waals surface area (Å²) < 4.78 is 6.92. The molecule has 102 valence electrons. The molecule has 1 aromatic carbocycles. The lowest BCUT2D eigenvalue weighted by atomic mass is 9.97. The number of nitriles is 1. The summed E-state index contributed by atoms with van der Waals surface area (Å²) in [5, 5.41) is 9.35. The zero-order valence-electron chi connectivity index (χ0n) is 11.8. The summed E-state index contributed by atoms with van der Waals surface area (Å²) >= 11 is 3.45. The van der Waals surface area contributed by atoms with E-state index in [-0.39, 0.29) is 11.2 Å². The van der Waals surface area contributed by atoms with Gasteiger partial charge in [-0.25, -0.2) is 0 Å². The van der Waals surface area contributed by atoms with Crippen molar-refractivity contribution in [1.29, 1.82) is 5.26 Å². The van der Waals surface area contributed by atoms with Crippen molar-refractivity contribution < 1.29 is 4.74 Å². The monoisotopic (exact) mass is 322 g/mol. The van der Waals surface area contributed by atoms with E-state index in [0.717, 1.165) is 23.2 Å². The molecule has 0 aliphatic carbocycles. The predicted molar refractivity (Wildman–Crippen MR) is 80.3 cm³/mol. The molecule has 0 atom stereocenters. The molecule has 1 aliphatic heterocycles. The standard InChI is InChI=1S/C15H19BrN2O/c1-14(2)9-18(10-15(3,4)19-14)13-7-5-6-12(16)11(13)8-17/h5-7H,9-10H2,1-4H3. The van der Waals surface area contributed by atoms with Crippen LogP contribution in [0.1, 0.15) is 33.3 Å². The first-order chi connectivity index (χ1) is 8.74. The Morgan fingerprint density at radius 1 is 1.21 bits per heavy atom. The van der Waals surface area contributed by atoms with Crippen LogP contribution in [0.2, 0.25) is 0 Å². The number of ether oxygens (including phenoxy) is 1. The molecule has 1 aliphatic rings. The average Bonchev–Trinajstić information content (AvgIpc) is 2.24. The van der Waals surface area contributed by atoms with Crippen LogP contribution in [0.3, 0.4) is 0 Å². The smallest absolute Gasteiger partial charge is 0.103 e. The highest BCUT2D eigenvalue weighted by Gasteiger charge is 2.38. The van der Waals surface area contributed by atoms with E-state index in [1.807, 2.05) is 18.2 Å². The molecule has 0 spiro atoms. The third-order valence-corrected chi connectivity index (χ3v) is 3.80. The summed E-state index contributed by atoms with van der Waals surface area (Å²) in [7, 11) is 0. The Morgan fingerprint density at radius 3 is 2.32 bits per heavy atom. The quantitative estimate of drug-likeness (QED) is 0.790. The Kier molecular flexibility index (Phi) is 3.63. The summed E-state index contributed by atoms with van der Waals surface area (Å²) in [6, 6.07) is 8.16. The van der Waals surface area contributed by atoms with Crippen molar-refractivity contribution in [3.05, 3.63) is 28.2 Å². The molecule has 1 fully saturated rings. The van der Waals surface area contributed by atoms with Gasteiger partial charge in [-0.3, -0.25) is 0 Å². The molecule has 0 N–H and O–H groups in total. The molecule has 0 saturated carbocycles. The molecule has 1 heterocycles. The van der Waals surface area contributed by atoms with Gasteiger partial charge in [-0.05, 0) is 55.8 Å². The van der Waals surface area contributed by atoms with Crippen LogP contribution in [0, 0.1) is 11.3 Å². The third-order valence-electron chi connectivity index (χ3n) is 3.14. The first-order valence-corrected chi connectivity index (χ1v) is 7.17. The summed E-state index contributed by atoms with van der Waals surface area (Å²) in [4.78, 5) is 2.24. The van der Waals surface area contributed by atoms with Crippen LogP contribution in [-0.2, 0) is 4.74 Å². The van der Waals surface area contributed by atoms with E-state index in [0.29, 0.717) is 5.56 Å². The molecule has 0 unspecified atom stereocenters. The second-order valence-corrected chi connectivity index (χ2v) is 7.08. The maximum absolute atomic E-state index is 9.35. The van der Waals surface area contributed by atoms with Crippen molar-refractivity contribution in [1.82, 2.24) is 0 Å². The van der Waals surface area contributed by atoms with Gasteiger partial charge in [-0.2, -0.15) is 5.26 Å². The summed E-state index contributed by atoms with van der Waals surface area (Å²) in [6.45, 7) is 9.91. The van der Waals surface area contributed by atoms with Crippen molar-refractivity contribution >= 4 is 21.6 Å². The summed E-state index contributed by atoms with van der Waals surface area (Å²) in [6.07, 6.45) is 0. The number of morpholine rings is 1. The van der Waals surface area contributed by atoms with E-state index in [1.165, 1.54) is 0 Å². The molecule has 0 aromatic heterocycles. The minimum atomic E-state index is -0.225. The lowest BCUT2D eigenvalue weighted by molar-refractivity contribution is -0.133. The highest BCUT2D eigenvalue weighted by atomic mass is 79.9. The lowest BCUT2D eigenvalue weighted by Crippen LogP contribution is -2.57. The minimum absolute atomic E-state index is 0.225. The van der Waals surface area contributed by atoms with Gasteiger partial charge in [-0.15, -0.1) is 0 Å². The predicted octanol–water partition coefficient (Wildman–Crippen LogP) is 3.71. The zero-order valence-corrected chi connectivity index (χ0v) is 13.4. The van der Waals surface area contributed by atoms with Gasteiger partial charge in [0, 0.05) is 17.6 Å². The van der Waals surface area contributed by atoms with Gasteiger partial charge in [0.15, 0.2) is 0 Å². The molecule has 0 bridgehead atoms. The third kappa shape index (κ3) is 3.10. The van der Waals surface area contributed by atoms with Crippen molar-refractivity contribution in [2.45, 2.75) is 38.9 Å². The van der Waals surface area contributed by atoms with Crippen LogP contribution >= 0.6 is 15.9 Å². The molecular weight excluding hydrogens is 304 g/mol. The molecule has 0 radical (unpaired) electrons. The van der Waals surface area contributed by atoms with Gasteiger partial charge < -0.3 is 9.64 Å². The van der Waals surface area contributed by atoms with E-state index in [1.54, 1.807) is 0 Å². The number of anilines is 1. The molecule has 3 nitrogen and oxygen atoms in total. The van der Waals surface area contributed by atoms with Gasteiger partial charge in [0.25, 0.3) is 0 Å². The Morgan fingerprint density at radius 2 is 1.79 bits per heavy atom. The topological polar surface area (TPSA) is 36.3 Å². The molecule has 4 heteroatoms. The van der Waals surface area contributed by atoms with E-state index in [9.17, 15) is 5.26 Å². The van der Waals surface area contributed by atoms with Crippen molar-refractivity contribution in [3.63, 3.8) is 0 Å². The zero-order chi connectivity index (χ0) is 14.3. The highest BCUT2D eigenvalue weighted by Crippen LogP contribution is 2.34. The summed E-state index contributed by atoms with van der Waals surface area (Å²) in [5.74, 6) is 0. The maximum atomic E-state index is 9.35. The minimum Gasteiger partial charge on any atom is -0.366 e. The molecule has 1 saturated heterocycles. The highest BCUT2D eigenvalue weighted by molar-refractivity contribution is 9.10. The van der Waals surface area contributed by atoms with Gasteiger partial charge in [0.1, 0.15) is 6.07 Å². The number of benzene rings is 1. The SMILES string of the molecule is CC1(C)CN(c2cccc(Br)c2C#N)CC(C)(C)O1. The van der Waals surface area contributed by atoms with E-state index >= 15 is 0 Å². The largest absolute Gasteiger partial charge is 0.366 e. The Labute approximate surface area is 123 Å². The van der Waals surface area contributed by atoms with Gasteiger partial charge >= 0.3 is 0 Å². The molecule has 19 heavy (non-hydrogen) atoms. The van der Waals surface area contributed by atoms with E-state index in [2.05, 4.69) is 54.6 Å². The Hall–Kier alpha value is -1.05. The second kappa shape index (κ2) is 4.81. The van der Waals surface area contributed by atoms with Crippen molar-refractivity contribution in [3.8, 4) is 6.07 Å². The van der Waals surface area contributed by atoms with Crippen LogP contribution in [0.25, 0.3) is 0 Å². The number of hydrogen-bond acceptors (Lipinski definition) is 3. The number of halogens is 1. The Balaban J connectivity index is 2.42. The fraction of sp³-hybridized carbons (Fsp3) is 0.533. The lowest BCUT2D eigenvalue weighted by Gasteiger charge is -2.48. The number of nitrogens with zero attached hydrogens (tertiary/aromatic N) is 2. The van der Waals surface area contributed by atoms with Crippen molar-refractivity contribution in [2.24, 2.45) is 0 Å². The van der Waals surface area contributed by atoms with E-state index in [4.69, 9.17) is 4.74 Å². The molecule has 2 rings (SSSR count). The molecule has 1 aromatic rings. The van der Waals surface area contributed by atoms with Crippen LogP contribution < -0.4 is 4.90 Å². The normalized spacial score (nSPS) is 20.9. The van der Waals surface area contributed by atoms with Crippen LogP contribution in [0.4, 0.5) is 5.69 Å². The number of hydrogen-bond donors (Lipinski definition) is 0. The fourth-order valence-corrected chi connectivity index (χ4v) is 3.29. The first-order valence-electron chi connectivity index (χ1n) is 6.38.